The van der Waals surface area contributed by atoms with Crippen molar-refractivity contribution in [2.75, 3.05) is 0 Å². The van der Waals surface area contributed by atoms with Crippen molar-refractivity contribution in [3.8, 4) is 6.07 Å². The number of hydrogen-bond donors (Lipinski definition) is 2. The first-order chi connectivity index (χ1) is 11.5. The van der Waals surface area contributed by atoms with Gasteiger partial charge in [-0.15, -0.1) is 0 Å². The van der Waals surface area contributed by atoms with Crippen molar-refractivity contribution in [1.82, 2.24) is 0 Å². The van der Waals surface area contributed by atoms with Crippen LogP contribution in [-0.4, -0.2) is 11.0 Å². The van der Waals surface area contributed by atoms with Gasteiger partial charge in [0, 0.05) is 22.9 Å². The first kappa shape index (κ1) is 19.8. The van der Waals surface area contributed by atoms with Crippen LogP contribution in [0, 0.1) is 11.3 Å². The van der Waals surface area contributed by atoms with Gasteiger partial charge in [0.2, 0.25) is 0 Å². The van der Waals surface area contributed by atoms with Gasteiger partial charge in [0.1, 0.15) is 5.84 Å². The Morgan fingerprint density at radius 3 is 1.83 bits per heavy atom. The molecule has 126 valence electrons. The van der Waals surface area contributed by atoms with E-state index in [1.54, 1.807) is 0 Å². The molecule has 2 rings (SSSR count). The van der Waals surface area contributed by atoms with E-state index in [1.807, 2.05) is 48.5 Å². The highest BCUT2D eigenvalue weighted by molar-refractivity contribution is 6.30. The van der Waals surface area contributed by atoms with E-state index in [4.69, 9.17) is 39.4 Å². The molecule has 0 radical (unpaired) electrons. The van der Waals surface area contributed by atoms with Crippen molar-refractivity contribution >= 4 is 29.0 Å². The van der Waals surface area contributed by atoms with Crippen molar-refractivity contribution < 1.29 is 5.21 Å². The number of hydrogen-bond acceptors (Lipinski definition) is 3. The van der Waals surface area contributed by atoms with E-state index in [1.165, 1.54) is 0 Å². The van der Waals surface area contributed by atoms with E-state index in [0.717, 1.165) is 29.0 Å². The first-order valence-electron chi connectivity index (χ1n) is 7.37. The molecule has 0 amide bonds. The normalized spacial score (nSPS) is 10.5. The second-order valence-corrected chi connectivity index (χ2v) is 5.88. The molecular weight excluding hydrogens is 345 g/mol. The summed E-state index contributed by atoms with van der Waals surface area (Å²) in [5.41, 5.74) is 7.61. The zero-order valence-corrected chi connectivity index (χ0v) is 14.6. The summed E-state index contributed by atoms with van der Waals surface area (Å²) in [5.74, 6) is 0.245. The van der Waals surface area contributed by atoms with Crippen LogP contribution in [0.3, 0.4) is 0 Å². The molecule has 0 fully saturated rings. The fourth-order valence-corrected chi connectivity index (χ4v) is 2.08. The Kier molecular flexibility index (Phi) is 9.36. The van der Waals surface area contributed by atoms with Crippen molar-refractivity contribution in [3.05, 3.63) is 69.7 Å². The molecular formula is C18H19Cl2N3O. The SMILES string of the molecule is N#CCCc1ccc(Cl)cc1.N/C(CCc1ccc(Cl)cc1)=N\O. The van der Waals surface area contributed by atoms with Crippen LogP contribution in [0.4, 0.5) is 0 Å². The summed E-state index contributed by atoms with van der Waals surface area (Å²) < 4.78 is 0. The maximum Gasteiger partial charge on any atom is 0.139 e. The van der Waals surface area contributed by atoms with E-state index in [0.29, 0.717) is 17.9 Å². The number of nitrogens with zero attached hydrogens (tertiary/aromatic N) is 2. The Hall–Kier alpha value is -2.22. The van der Waals surface area contributed by atoms with Gasteiger partial charge in [0.25, 0.3) is 0 Å². The minimum Gasteiger partial charge on any atom is -0.409 e. The number of benzene rings is 2. The van der Waals surface area contributed by atoms with Gasteiger partial charge < -0.3 is 10.9 Å². The summed E-state index contributed by atoms with van der Waals surface area (Å²) >= 11 is 11.4. The zero-order valence-electron chi connectivity index (χ0n) is 13.1. The molecule has 0 spiro atoms. The van der Waals surface area contributed by atoms with Crippen LogP contribution in [0.2, 0.25) is 10.0 Å². The molecule has 0 aliphatic heterocycles. The molecule has 4 nitrogen and oxygen atoms in total. The molecule has 2 aromatic carbocycles. The summed E-state index contributed by atoms with van der Waals surface area (Å²) in [4.78, 5) is 0. The maximum absolute atomic E-state index is 8.31. The second kappa shape index (κ2) is 11.3. The molecule has 2 aromatic rings. The Balaban J connectivity index is 0.000000243. The average molecular weight is 364 g/mol. The van der Waals surface area contributed by atoms with Gasteiger partial charge in [-0.05, 0) is 48.2 Å². The van der Waals surface area contributed by atoms with Gasteiger partial charge in [-0.1, -0.05) is 52.6 Å². The minimum atomic E-state index is 0.245. The third kappa shape index (κ3) is 8.42. The maximum atomic E-state index is 8.31. The monoisotopic (exact) mass is 363 g/mol. The van der Waals surface area contributed by atoms with Crippen molar-refractivity contribution in [3.63, 3.8) is 0 Å². The van der Waals surface area contributed by atoms with E-state index in [-0.39, 0.29) is 5.84 Å². The molecule has 0 unspecified atom stereocenters. The molecule has 0 aliphatic rings. The fourth-order valence-electron chi connectivity index (χ4n) is 1.82. The van der Waals surface area contributed by atoms with Gasteiger partial charge in [0.05, 0.1) is 6.07 Å². The summed E-state index contributed by atoms with van der Waals surface area (Å²) in [6.45, 7) is 0. The molecule has 24 heavy (non-hydrogen) atoms. The van der Waals surface area contributed by atoms with Gasteiger partial charge >= 0.3 is 0 Å². The van der Waals surface area contributed by atoms with Crippen LogP contribution in [0.15, 0.2) is 53.7 Å². The van der Waals surface area contributed by atoms with Crippen LogP contribution in [-0.2, 0) is 12.8 Å². The molecule has 0 saturated carbocycles. The highest BCUT2D eigenvalue weighted by Gasteiger charge is 1.96. The number of nitriles is 1. The number of oxime groups is 1. The van der Waals surface area contributed by atoms with Gasteiger partial charge in [-0.25, -0.2) is 0 Å². The number of rotatable bonds is 5. The topological polar surface area (TPSA) is 82.4 Å². The lowest BCUT2D eigenvalue weighted by Gasteiger charge is -1.99. The summed E-state index contributed by atoms with van der Waals surface area (Å²) in [6.07, 6.45) is 2.69. The lowest BCUT2D eigenvalue weighted by Crippen LogP contribution is -2.12. The van der Waals surface area contributed by atoms with Crippen molar-refractivity contribution in [2.45, 2.75) is 25.7 Å². The molecule has 0 aliphatic carbocycles. The van der Waals surface area contributed by atoms with Crippen molar-refractivity contribution in [1.29, 1.82) is 5.26 Å². The van der Waals surface area contributed by atoms with Gasteiger partial charge in [-0.3, -0.25) is 0 Å². The van der Waals surface area contributed by atoms with E-state index in [9.17, 15) is 0 Å². The van der Waals surface area contributed by atoms with Crippen molar-refractivity contribution in [2.24, 2.45) is 10.9 Å². The smallest absolute Gasteiger partial charge is 0.139 e. The third-order valence-electron chi connectivity index (χ3n) is 3.15. The van der Waals surface area contributed by atoms with Crippen LogP contribution >= 0.6 is 23.2 Å². The Morgan fingerprint density at radius 2 is 1.42 bits per heavy atom. The summed E-state index contributed by atoms with van der Waals surface area (Å²) in [6, 6.07) is 17.2. The third-order valence-corrected chi connectivity index (χ3v) is 3.65. The largest absolute Gasteiger partial charge is 0.409 e. The number of amidine groups is 1. The average Bonchev–Trinajstić information content (AvgIpc) is 2.61. The molecule has 3 N–H and O–H groups in total. The molecule has 0 heterocycles. The number of nitrogens with two attached hydrogens (primary N) is 1. The second-order valence-electron chi connectivity index (χ2n) is 5.00. The van der Waals surface area contributed by atoms with Gasteiger partial charge in [0.15, 0.2) is 0 Å². The highest BCUT2D eigenvalue weighted by Crippen LogP contribution is 2.11. The van der Waals surface area contributed by atoms with Crippen LogP contribution in [0.25, 0.3) is 0 Å². The quantitative estimate of drug-likeness (QED) is 0.345. The number of halogens is 2. The van der Waals surface area contributed by atoms with E-state index in [2.05, 4.69) is 11.2 Å². The van der Waals surface area contributed by atoms with Crippen LogP contribution in [0.1, 0.15) is 24.0 Å². The van der Waals surface area contributed by atoms with E-state index < -0.39 is 0 Å². The van der Waals surface area contributed by atoms with E-state index >= 15 is 0 Å². The first-order valence-corrected chi connectivity index (χ1v) is 8.13. The minimum absolute atomic E-state index is 0.245. The fraction of sp³-hybridized carbons (Fsp3) is 0.222. The Morgan fingerprint density at radius 1 is 0.958 bits per heavy atom. The molecule has 0 saturated heterocycles. The highest BCUT2D eigenvalue weighted by atomic mass is 35.5. The lowest BCUT2D eigenvalue weighted by atomic mass is 10.1. The number of aryl methyl sites for hydroxylation is 2. The molecule has 0 atom stereocenters. The molecule has 6 heteroatoms. The Labute approximate surface area is 152 Å². The Bertz CT molecular complexity index is 677. The van der Waals surface area contributed by atoms with Crippen LogP contribution in [0.5, 0.6) is 0 Å². The zero-order chi connectivity index (χ0) is 17.8. The summed E-state index contributed by atoms with van der Waals surface area (Å²) in [7, 11) is 0. The molecule has 0 bridgehead atoms. The predicted molar refractivity (Wildman–Crippen MR) is 98.6 cm³/mol. The lowest BCUT2D eigenvalue weighted by molar-refractivity contribution is 0.317. The van der Waals surface area contributed by atoms with Crippen LogP contribution < -0.4 is 5.73 Å². The summed E-state index contributed by atoms with van der Waals surface area (Å²) in [5, 5.41) is 21.0. The van der Waals surface area contributed by atoms with Gasteiger partial charge in [-0.2, -0.15) is 5.26 Å². The standard InChI is InChI=1S/C9H11ClN2O.C9H8ClN/c10-8-4-1-7(2-5-8)3-6-9(11)12-13;10-9-5-3-8(4-6-9)2-1-7-11/h1-2,4-5,13H,3,6H2,(H2,11,12);3-6H,1-2H2. The predicted octanol–water partition coefficient (Wildman–Crippen LogP) is 4.82. The molecule has 0 aromatic heterocycles.